The molecule has 0 fully saturated rings. The fourth-order valence-corrected chi connectivity index (χ4v) is 0.979. The van der Waals surface area contributed by atoms with Crippen LogP contribution >= 0.6 is 0 Å². The molecule has 1 atom stereocenters. The Hall–Kier alpha value is -0.810. The summed E-state index contributed by atoms with van der Waals surface area (Å²) in [6.07, 6.45) is -0.774. The van der Waals surface area contributed by atoms with E-state index in [9.17, 15) is 9.90 Å². The van der Waals surface area contributed by atoms with Crippen LogP contribution in [-0.2, 0) is 4.79 Å². The highest BCUT2D eigenvalue weighted by atomic mass is 16.3. The average Bonchev–Trinajstić information content (AvgIpc) is 2.54. The quantitative estimate of drug-likeness (QED) is 0.201. The van der Waals surface area contributed by atoms with Crippen LogP contribution in [0, 0.1) is 5.41 Å². The summed E-state index contributed by atoms with van der Waals surface area (Å²) in [5, 5.41) is 54.4. The summed E-state index contributed by atoms with van der Waals surface area (Å²) >= 11 is 0. The Labute approximate surface area is 130 Å². The fourth-order valence-electron chi connectivity index (χ4n) is 0.979. The van der Waals surface area contributed by atoms with Gasteiger partial charge >= 0.3 is 0 Å². The Morgan fingerprint density at radius 3 is 1.77 bits per heavy atom. The predicted molar refractivity (Wildman–Crippen MR) is 79.8 cm³/mol. The molecule has 0 saturated carbocycles. The third-order valence-corrected chi connectivity index (χ3v) is 2.97. The first-order valence-corrected chi connectivity index (χ1v) is 6.93. The van der Waals surface area contributed by atoms with Gasteiger partial charge in [0, 0.05) is 18.6 Å². The first kappa shape index (κ1) is 23.5. The lowest BCUT2D eigenvalue weighted by atomic mass is 9.87. The third kappa shape index (κ3) is 9.26. The van der Waals surface area contributed by atoms with Crippen LogP contribution < -0.4 is 11.1 Å². The zero-order chi connectivity index (χ0) is 17.8. The van der Waals surface area contributed by atoms with Crippen molar-refractivity contribution >= 4 is 5.91 Å². The van der Waals surface area contributed by atoms with Crippen LogP contribution in [0.4, 0.5) is 0 Å². The molecule has 9 N–H and O–H groups in total. The Bertz CT molecular complexity index is 288. The van der Waals surface area contributed by atoms with E-state index < -0.39 is 42.8 Å². The maximum absolute atomic E-state index is 11.3. The molecule has 0 aliphatic carbocycles. The van der Waals surface area contributed by atoms with Gasteiger partial charge in [-0.3, -0.25) is 4.79 Å². The van der Waals surface area contributed by atoms with Crippen molar-refractivity contribution in [1.29, 1.82) is 0 Å². The van der Waals surface area contributed by atoms with Crippen molar-refractivity contribution in [1.82, 2.24) is 5.32 Å². The highest BCUT2D eigenvalue weighted by Crippen LogP contribution is 2.19. The molecular formula is C13H30N2O7. The minimum atomic E-state index is -1.23. The molecule has 9 nitrogen and oxygen atoms in total. The zero-order valence-corrected chi connectivity index (χ0v) is 13.2. The van der Waals surface area contributed by atoms with E-state index in [4.69, 9.17) is 31.3 Å². The van der Waals surface area contributed by atoms with Gasteiger partial charge in [0.15, 0.2) is 0 Å². The molecule has 0 saturated heterocycles. The standard InChI is InChI=1S/C9H19NO4.C4H11NO3/c1-9(2,6-12)7(13)8(14)10-4-3-5-11;5-4(1-6,2-7)3-8/h7,11-13H,3-6H2,1-2H3,(H,10,14);6-8H,1-3,5H2/t7-;/m0./s1. The van der Waals surface area contributed by atoms with Crippen molar-refractivity contribution in [2.24, 2.45) is 11.1 Å². The van der Waals surface area contributed by atoms with E-state index in [1.807, 2.05) is 0 Å². The number of aliphatic hydroxyl groups is 6. The molecule has 0 heterocycles. The number of rotatable bonds is 9. The van der Waals surface area contributed by atoms with Gasteiger partial charge in [-0.2, -0.15) is 0 Å². The van der Waals surface area contributed by atoms with Gasteiger partial charge in [-0.1, -0.05) is 13.8 Å². The van der Waals surface area contributed by atoms with Crippen molar-refractivity contribution in [3.05, 3.63) is 0 Å². The van der Waals surface area contributed by atoms with Crippen LogP contribution in [0.5, 0.6) is 0 Å². The smallest absolute Gasteiger partial charge is 0.249 e. The lowest BCUT2D eigenvalue weighted by molar-refractivity contribution is -0.137. The normalized spacial score (nSPS) is 13.1. The lowest BCUT2D eigenvalue weighted by Crippen LogP contribution is -2.50. The summed E-state index contributed by atoms with van der Waals surface area (Å²) in [7, 11) is 0. The molecule has 0 unspecified atom stereocenters. The second kappa shape index (κ2) is 11.7. The van der Waals surface area contributed by atoms with Gasteiger partial charge < -0.3 is 41.7 Å². The highest BCUT2D eigenvalue weighted by Gasteiger charge is 2.32. The molecule has 22 heavy (non-hydrogen) atoms. The minimum absolute atomic E-state index is 0.000230. The van der Waals surface area contributed by atoms with Crippen molar-refractivity contribution in [2.75, 3.05) is 39.6 Å². The van der Waals surface area contributed by atoms with Gasteiger partial charge in [0.05, 0.1) is 32.0 Å². The van der Waals surface area contributed by atoms with E-state index in [0.717, 1.165) is 0 Å². The van der Waals surface area contributed by atoms with Crippen molar-refractivity contribution in [3.8, 4) is 0 Å². The maximum atomic E-state index is 11.3. The molecule has 1 amide bonds. The number of aliphatic hydroxyl groups excluding tert-OH is 6. The second-order valence-electron chi connectivity index (χ2n) is 5.75. The molecule has 0 aliphatic rings. The monoisotopic (exact) mass is 326 g/mol. The average molecular weight is 326 g/mol. The van der Waals surface area contributed by atoms with E-state index in [1.54, 1.807) is 13.8 Å². The Morgan fingerprint density at radius 2 is 1.50 bits per heavy atom. The van der Waals surface area contributed by atoms with Gasteiger partial charge in [0.1, 0.15) is 6.10 Å². The van der Waals surface area contributed by atoms with Crippen LogP contribution in [0.2, 0.25) is 0 Å². The third-order valence-electron chi connectivity index (χ3n) is 2.97. The van der Waals surface area contributed by atoms with Crippen molar-refractivity contribution in [3.63, 3.8) is 0 Å². The summed E-state index contributed by atoms with van der Waals surface area (Å²) in [6.45, 7) is 2.06. The van der Waals surface area contributed by atoms with Crippen molar-refractivity contribution < 1.29 is 35.4 Å². The highest BCUT2D eigenvalue weighted by molar-refractivity contribution is 5.81. The number of hydrogen-bond donors (Lipinski definition) is 8. The molecule has 0 aromatic heterocycles. The van der Waals surface area contributed by atoms with E-state index in [0.29, 0.717) is 13.0 Å². The number of amides is 1. The Morgan fingerprint density at radius 1 is 1.05 bits per heavy atom. The predicted octanol–water partition coefficient (Wildman–Crippen LogP) is -3.47. The number of nitrogens with one attached hydrogen (secondary N) is 1. The van der Waals surface area contributed by atoms with Gasteiger partial charge in [0.25, 0.3) is 0 Å². The topological polar surface area (TPSA) is 176 Å². The molecule has 0 radical (unpaired) electrons. The SMILES string of the molecule is CC(C)(CO)[C@@H](O)C(=O)NCCCO.NC(CO)(CO)CO. The van der Waals surface area contributed by atoms with Gasteiger partial charge in [-0.05, 0) is 6.42 Å². The van der Waals surface area contributed by atoms with Gasteiger partial charge in [-0.15, -0.1) is 0 Å². The Balaban J connectivity index is 0. The van der Waals surface area contributed by atoms with Crippen LogP contribution in [-0.4, -0.2) is 87.8 Å². The zero-order valence-electron chi connectivity index (χ0n) is 13.2. The molecule has 0 aromatic carbocycles. The molecule has 0 aromatic rings. The largest absolute Gasteiger partial charge is 0.396 e. The molecular weight excluding hydrogens is 296 g/mol. The van der Waals surface area contributed by atoms with Crippen LogP contribution in [0.15, 0.2) is 0 Å². The molecule has 0 spiro atoms. The van der Waals surface area contributed by atoms with E-state index >= 15 is 0 Å². The summed E-state index contributed by atoms with van der Waals surface area (Å²) in [6, 6.07) is 0. The molecule has 0 aliphatic heterocycles. The summed E-state index contributed by atoms with van der Waals surface area (Å²) in [5.74, 6) is -0.516. The van der Waals surface area contributed by atoms with Gasteiger partial charge in [-0.25, -0.2) is 0 Å². The number of nitrogens with two attached hydrogens (primary N) is 1. The fraction of sp³-hybridized carbons (Fsp3) is 0.923. The van der Waals surface area contributed by atoms with Crippen LogP contribution in [0.1, 0.15) is 20.3 Å². The van der Waals surface area contributed by atoms with E-state index in [1.165, 1.54) is 0 Å². The minimum Gasteiger partial charge on any atom is -0.396 e. The Kier molecular flexibility index (Phi) is 12.5. The molecule has 0 bridgehead atoms. The van der Waals surface area contributed by atoms with Crippen LogP contribution in [0.3, 0.4) is 0 Å². The first-order chi connectivity index (χ1) is 10.1. The number of hydrogen-bond acceptors (Lipinski definition) is 8. The van der Waals surface area contributed by atoms with E-state index in [-0.39, 0.29) is 13.2 Å². The van der Waals surface area contributed by atoms with E-state index in [2.05, 4.69) is 5.32 Å². The summed E-state index contributed by atoms with van der Waals surface area (Å²) < 4.78 is 0. The second-order valence-corrected chi connectivity index (χ2v) is 5.75. The number of carbonyl (C=O) groups is 1. The maximum Gasteiger partial charge on any atom is 0.249 e. The molecule has 9 heteroatoms. The molecule has 0 rings (SSSR count). The summed E-state index contributed by atoms with van der Waals surface area (Å²) in [5.41, 5.74) is 3.09. The summed E-state index contributed by atoms with van der Waals surface area (Å²) in [4.78, 5) is 11.3. The molecule has 134 valence electrons. The first-order valence-electron chi connectivity index (χ1n) is 6.93. The lowest BCUT2D eigenvalue weighted by Gasteiger charge is -2.27. The van der Waals surface area contributed by atoms with Crippen molar-refractivity contribution in [2.45, 2.75) is 31.9 Å². The number of carbonyl (C=O) groups excluding carboxylic acids is 1. The van der Waals surface area contributed by atoms with Gasteiger partial charge in [0.2, 0.25) is 5.91 Å². The van der Waals surface area contributed by atoms with Crippen LogP contribution in [0.25, 0.3) is 0 Å².